The number of nitrogens with zero attached hydrogens (tertiary/aromatic N) is 4. The normalized spacial score (nSPS) is 35.2. The first kappa shape index (κ1) is 16.0. The van der Waals surface area contributed by atoms with E-state index in [-0.39, 0.29) is 0 Å². The van der Waals surface area contributed by atoms with Gasteiger partial charge in [-0.3, -0.25) is 4.90 Å². The highest BCUT2D eigenvalue weighted by atomic mass is 79.9. The van der Waals surface area contributed by atoms with Gasteiger partial charge < -0.3 is 15.4 Å². The maximum absolute atomic E-state index is 10.9. The summed E-state index contributed by atoms with van der Waals surface area (Å²) in [6.07, 6.45) is 11.4. The van der Waals surface area contributed by atoms with Crippen molar-refractivity contribution in [3.05, 3.63) is 17.0 Å². The molecule has 2 atom stereocenters. The molecule has 1 saturated carbocycles. The maximum atomic E-state index is 10.9. The van der Waals surface area contributed by atoms with Crippen LogP contribution < -0.4 is 5.73 Å². The molecule has 3 N–H and O–H groups in total. The molecule has 6 nitrogen and oxygen atoms in total. The summed E-state index contributed by atoms with van der Waals surface area (Å²) >= 11 is 3.59. The van der Waals surface area contributed by atoms with Crippen LogP contribution in [-0.2, 0) is 0 Å². The first-order valence-corrected chi connectivity index (χ1v) is 10.1. The lowest BCUT2D eigenvalue weighted by Gasteiger charge is -2.46. The van der Waals surface area contributed by atoms with Gasteiger partial charge in [0.05, 0.1) is 5.39 Å². The Balaban J connectivity index is 1.31. The Morgan fingerprint density at radius 1 is 1.24 bits per heavy atom. The summed E-state index contributed by atoms with van der Waals surface area (Å²) in [5, 5.41) is 11.8. The number of anilines is 1. The van der Waals surface area contributed by atoms with Crippen LogP contribution in [0, 0.1) is 5.92 Å². The van der Waals surface area contributed by atoms with Crippen molar-refractivity contribution in [2.75, 3.05) is 12.3 Å². The molecule has 25 heavy (non-hydrogen) atoms. The van der Waals surface area contributed by atoms with Gasteiger partial charge in [0.15, 0.2) is 0 Å². The zero-order valence-corrected chi connectivity index (χ0v) is 15.8. The van der Waals surface area contributed by atoms with E-state index in [2.05, 4.69) is 41.6 Å². The van der Waals surface area contributed by atoms with Gasteiger partial charge in [0.1, 0.15) is 23.5 Å². The Kier molecular flexibility index (Phi) is 3.63. The van der Waals surface area contributed by atoms with E-state index in [0.717, 1.165) is 54.2 Å². The molecule has 2 unspecified atom stereocenters. The van der Waals surface area contributed by atoms with Crippen molar-refractivity contribution < 1.29 is 5.11 Å². The third-order valence-corrected chi connectivity index (χ3v) is 7.22. The number of piperidine rings is 1. The van der Waals surface area contributed by atoms with E-state index < -0.39 is 5.72 Å². The van der Waals surface area contributed by atoms with Gasteiger partial charge in [0.2, 0.25) is 0 Å². The maximum Gasteiger partial charge on any atom is 0.146 e. The van der Waals surface area contributed by atoms with Crippen molar-refractivity contribution in [1.82, 2.24) is 19.4 Å². The fourth-order valence-electron chi connectivity index (χ4n) is 5.24. The molecule has 3 aliphatic rings. The number of aromatic nitrogens is 3. The van der Waals surface area contributed by atoms with Crippen LogP contribution >= 0.6 is 15.9 Å². The molecule has 0 amide bonds. The highest BCUT2D eigenvalue weighted by molar-refractivity contribution is 9.10. The molecule has 5 rings (SSSR count). The van der Waals surface area contributed by atoms with Crippen molar-refractivity contribution in [2.24, 2.45) is 5.92 Å². The van der Waals surface area contributed by atoms with Gasteiger partial charge in [-0.25, -0.2) is 9.97 Å². The van der Waals surface area contributed by atoms with Crippen LogP contribution in [0.1, 0.15) is 51.0 Å². The van der Waals surface area contributed by atoms with Crippen LogP contribution in [0.5, 0.6) is 0 Å². The Morgan fingerprint density at radius 2 is 2.08 bits per heavy atom. The van der Waals surface area contributed by atoms with Crippen molar-refractivity contribution in [1.29, 1.82) is 0 Å². The molecule has 2 aromatic heterocycles. The minimum Gasteiger partial charge on any atom is -0.383 e. The SMILES string of the molecule is Nc1ncnc2c1c(Br)cn2[C@H]1C[C@@H](CN2C3CCCC2(O)CC3)C1. The molecule has 0 radical (unpaired) electrons. The Hall–Kier alpha value is -1.18. The fourth-order valence-corrected chi connectivity index (χ4v) is 5.84. The topological polar surface area (TPSA) is 80.2 Å². The lowest BCUT2D eigenvalue weighted by molar-refractivity contribution is -0.129. The largest absolute Gasteiger partial charge is 0.383 e. The molecule has 0 spiro atoms. The van der Waals surface area contributed by atoms with Gasteiger partial charge in [-0.1, -0.05) is 0 Å². The number of hydrogen-bond donors (Lipinski definition) is 2. The van der Waals surface area contributed by atoms with Gasteiger partial charge >= 0.3 is 0 Å². The number of rotatable bonds is 3. The predicted octanol–water partition coefficient (Wildman–Crippen LogP) is 3.06. The number of nitrogens with two attached hydrogens (primary N) is 1. The molecule has 4 heterocycles. The summed E-state index contributed by atoms with van der Waals surface area (Å²) < 4.78 is 3.21. The summed E-state index contributed by atoms with van der Waals surface area (Å²) in [6.45, 7) is 1.04. The van der Waals surface area contributed by atoms with E-state index in [1.54, 1.807) is 0 Å². The second kappa shape index (κ2) is 5.66. The third-order valence-electron chi connectivity index (χ3n) is 6.62. The zero-order valence-electron chi connectivity index (χ0n) is 14.2. The minimum atomic E-state index is -0.515. The Morgan fingerprint density at radius 3 is 2.88 bits per heavy atom. The van der Waals surface area contributed by atoms with Crippen molar-refractivity contribution in [3.8, 4) is 0 Å². The molecular weight excluding hydrogens is 382 g/mol. The van der Waals surface area contributed by atoms with Gasteiger partial charge in [-0.2, -0.15) is 0 Å². The fraction of sp³-hybridized carbons (Fsp3) is 0.667. The predicted molar refractivity (Wildman–Crippen MR) is 99.9 cm³/mol. The molecule has 2 bridgehead atoms. The van der Waals surface area contributed by atoms with Crippen LogP contribution in [0.2, 0.25) is 0 Å². The summed E-state index contributed by atoms with van der Waals surface area (Å²) in [5.41, 5.74) is 6.41. The van der Waals surface area contributed by atoms with Gasteiger partial charge in [0.25, 0.3) is 0 Å². The second-order valence-corrected chi connectivity index (χ2v) is 8.91. The average molecular weight is 406 g/mol. The molecule has 2 aliphatic heterocycles. The molecule has 134 valence electrons. The number of aliphatic hydroxyl groups is 1. The number of nitrogen functional groups attached to an aromatic ring is 1. The highest BCUT2D eigenvalue weighted by Crippen LogP contribution is 2.47. The van der Waals surface area contributed by atoms with Gasteiger partial charge in [-0.15, -0.1) is 0 Å². The third kappa shape index (κ3) is 2.43. The van der Waals surface area contributed by atoms with E-state index in [1.165, 1.54) is 19.2 Å². The van der Waals surface area contributed by atoms with Crippen LogP contribution in [0.15, 0.2) is 17.0 Å². The molecule has 0 aromatic carbocycles. The van der Waals surface area contributed by atoms with Crippen molar-refractivity contribution >= 4 is 32.8 Å². The number of halogens is 1. The van der Waals surface area contributed by atoms with Crippen LogP contribution in [-0.4, -0.2) is 42.9 Å². The van der Waals surface area contributed by atoms with Gasteiger partial charge in [-0.05, 0) is 66.8 Å². The zero-order chi connectivity index (χ0) is 17.2. The van der Waals surface area contributed by atoms with E-state index >= 15 is 0 Å². The van der Waals surface area contributed by atoms with E-state index in [9.17, 15) is 5.11 Å². The minimum absolute atomic E-state index is 0.463. The lowest BCUT2D eigenvalue weighted by atomic mass is 9.79. The van der Waals surface area contributed by atoms with Crippen molar-refractivity contribution in [2.45, 2.75) is 62.8 Å². The Labute approximate surface area is 155 Å². The van der Waals surface area contributed by atoms with Crippen molar-refractivity contribution in [3.63, 3.8) is 0 Å². The van der Waals surface area contributed by atoms with Crippen LogP contribution in [0.3, 0.4) is 0 Å². The molecule has 3 fully saturated rings. The average Bonchev–Trinajstić information content (AvgIpc) is 2.94. The molecule has 7 heteroatoms. The van der Waals surface area contributed by atoms with E-state index in [0.29, 0.717) is 23.8 Å². The summed E-state index contributed by atoms with van der Waals surface area (Å²) in [5.74, 6) is 1.18. The first-order valence-electron chi connectivity index (χ1n) is 9.31. The number of fused-ring (bicyclic) bond motifs is 3. The van der Waals surface area contributed by atoms with Crippen LogP contribution in [0.25, 0.3) is 11.0 Å². The lowest BCUT2D eigenvalue weighted by Crippen LogP contribution is -2.53. The van der Waals surface area contributed by atoms with E-state index in [1.807, 2.05) is 0 Å². The molecule has 1 aliphatic carbocycles. The molecule has 2 aromatic rings. The standard InChI is InChI=1S/C18H24BrN5O/c19-14-9-23(17-15(14)16(20)21-10-22-17)13-6-11(7-13)8-24-12-2-1-4-18(24,25)5-3-12/h9-13,25H,1-8H2,(H2,20,21,22)/t11-,12?,13+,18?. The summed E-state index contributed by atoms with van der Waals surface area (Å²) in [4.78, 5) is 11.0. The highest BCUT2D eigenvalue weighted by Gasteiger charge is 2.49. The Bertz CT molecular complexity index is 813. The summed E-state index contributed by atoms with van der Waals surface area (Å²) in [7, 11) is 0. The summed E-state index contributed by atoms with van der Waals surface area (Å²) in [6, 6.07) is 1.07. The first-order chi connectivity index (χ1) is 12.0. The van der Waals surface area contributed by atoms with Crippen LogP contribution in [0.4, 0.5) is 5.82 Å². The smallest absolute Gasteiger partial charge is 0.146 e. The number of hydrogen-bond acceptors (Lipinski definition) is 5. The quantitative estimate of drug-likeness (QED) is 0.819. The second-order valence-electron chi connectivity index (χ2n) is 8.05. The molecule has 2 saturated heterocycles. The van der Waals surface area contributed by atoms with E-state index in [4.69, 9.17) is 5.73 Å². The molecular formula is C18H24BrN5O. The monoisotopic (exact) mass is 405 g/mol. The van der Waals surface area contributed by atoms with Gasteiger partial charge in [0, 0.05) is 29.3 Å².